The van der Waals surface area contributed by atoms with Gasteiger partial charge in [0.15, 0.2) is 0 Å². The number of pyridine rings is 1. The first kappa shape index (κ1) is 16.2. The fourth-order valence-electron chi connectivity index (χ4n) is 3.51. The molecule has 2 heterocycles. The molecule has 26 heavy (non-hydrogen) atoms. The Morgan fingerprint density at radius 2 is 1.96 bits per heavy atom. The topological polar surface area (TPSA) is 61.2 Å². The molecule has 5 heteroatoms. The van der Waals surface area contributed by atoms with E-state index in [0.29, 0.717) is 5.56 Å². The van der Waals surface area contributed by atoms with Gasteiger partial charge in [-0.2, -0.15) is 5.26 Å². The van der Waals surface area contributed by atoms with E-state index in [0.717, 1.165) is 46.8 Å². The van der Waals surface area contributed by atoms with Crippen molar-refractivity contribution in [1.82, 2.24) is 4.98 Å². The number of methoxy groups -OCH3 is 1. The molecule has 5 nitrogen and oxygen atoms in total. The summed E-state index contributed by atoms with van der Waals surface area (Å²) in [4.78, 5) is 7.03. The zero-order valence-electron chi connectivity index (χ0n) is 14.7. The summed E-state index contributed by atoms with van der Waals surface area (Å²) in [5, 5.41) is 15.0. The maximum Gasteiger partial charge on any atom is 0.136 e. The number of hydrogen-bond donors (Lipinski definition) is 1. The lowest BCUT2D eigenvalue weighted by molar-refractivity contribution is 0.415. The minimum atomic E-state index is 0.649. The molecule has 130 valence electrons. The highest BCUT2D eigenvalue weighted by atomic mass is 16.5. The normalized spacial score (nSPS) is 13.6. The summed E-state index contributed by atoms with van der Waals surface area (Å²) in [6.07, 6.45) is 4.20. The van der Waals surface area contributed by atoms with Crippen molar-refractivity contribution < 1.29 is 4.74 Å². The molecule has 0 amide bonds. The van der Waals surface area contributed by atoms with Crippen LogP contribution in [0.1, 0.15) is 18.4 Å². The predicted octanol–water partition coefficient (Wildman–Crippen LogP) is 4.46. The Kier molecular flexibility index (Phi) is 4.32. The number of hydrogen-bond acceptors (Lipinski definition) is 5. The number of nitriles is 1. The molecule has 1 aliphatic rings. The number of ether oxygens (including phenoxy) is 1. The van der Waals surface area contributed by atoms with Crippen molar-refractivity contribution in [2.24, 2.45) is 0 Å². The van der Waals surface area contributed by atoms with Crippen molar-refractivity contribution in [1.29, 1.82) is 5.26 Å². The van der Waals surface area contributed by atoms with Gasteiger partial charge in [0.05, 0.1) is 30.6 Å². The standard InChI is InChI=1S/C21H20N4O/c1-26-17-8-5-7-16(12-17)24-19-14-23-21(25-10-2-3-11-25)18-9-4-6-15(13-22)20(18)19/h4-9,12,14,24H,2-3,10-11H2,1H3. The second-order valence-electron chi connectivity index (χ2n) is 6.39. The number of benzene rings is 2. The molecule has 0 spiro atoms. The molecule has 0 aliphatic carbocycles. The van der Waals surface area contributed by atoms with E-state index >= 15 is 0 Å². The quantitative estimate of drug-likeness (QED) is 0.757. The summed E-state index contributed by atoms with van der Waals surface area (Å²) in [7, 11) is 1.65. The second-order valence-corrected chi connectivity index (χ2v) is 6.39. The first-order chi connectivity index (χ1) is 12.8. The van der Waals surface area contributed by atoms with E-state index in [1.54, 1.807) is 7.11 Å². The lowest BCUT2D eigenvalue weighted by Gasteiger charge is -2.20. The zero-order valence-corrected chi connectivity index (χ0v) is 14.7. The summed E-state index contributed by atoms with van der Waals surface area (Å²) in [6.45, 7) is 2.03. The highest BCUT2D eigenvalue weighted by Crippen LogP contribution is 2.35. The summed E-state index contributed by atoms with van der Waals surface area (Å²) >= 11 is 0. The van der Waals surface area contributed by atoms with Crippen LogP contribution in [0.3, 0.4) is 0 Å². The van der Waals surface area contributed by atoms with Crippen LogP contribution in [0.15, 0.2) is 48.7 Å². The third-order valence-electron chi connectivity index (χ3n) is 4.77. The minimum Gasteiger partial charge on any atom is -0.497 e. The van der Waals surface area contributed by atoms with E-state index in [1.165, 1.54) is 12.8 Å². The molecule has 1 fully saturated rings. The molecule has 2 aromatic carbocycles. The van der Waals surface area contributed by atoms with E-state index in [2.05, 4.69) is 16.3 Å². The van der Waals surface area contributed by atoms with Gasteiger partial charge < -0.3 is 15.0 Å². The monoisotopic (exact) mass is 344 g/mol. The number of anilines is 3. The predicted molar refractivity (Wildman–Crippen MR) is 104 cm³/mol. The number of fused-ring (bicyclic) bond motifs is 1. The summed E-state index contributed by atoms with van der Waals surface area (Å²) in [6, 6.07) is 15.9. The largest absolute Gasteiger partial charge is 0.497 e. The maximum absolute atomic E-state index is 9.63. The van der Waals surface area contributed by atoms with Gasteiger partial charge in [-0.15, -0.1) is 0 Å². The number of aromatic nitrogens is 1. The summed E-state index contributed by atoms with van der Waals surface area (Å²) < 4.78 is 5.30. The van der Waals surface area contributed by atoms with Gasteiger partial charge in [0.25, 0.3) is 0 Å². The molecule has 0 saturated carbocycles. The maximum atomic E-state index is 9.63. The number of nitrogens with zero attached hydrogens (tertiary/aromatic N) is 3. The van der Waals surface area contributed by atoms with Crippen molar-refractivity contribution in [2.75, 3.05) is 30.4 Å². The zero-order chi connectivity index (χ0) is 17.9. The van der Waals surface area contributed by atoms with Crippen molar-refractivity contribution in [3.63, 3.8) is 0 Å². The van der Waals surface area contributed by atoms with E-state index in [4.69, 9.17) is 9.72 Å². The Bertz CT molecular complexity index is 987. The van der Waals surface area contributed by atoms with Gasteiger partial charge in [0.2, 0.25) is 0 Å². The fraction of sp³-hybridized carbons (Fsp3) is 0.238. The van der Waals surface area contributed by atoms with Crippen molar-refractivity contribution in [3.05, 3.63) is 54.2 Å². The Hall–Kier alpha value is -3.26. The molecule has 0 unspecified atom stereocenters. The van der Waals surface area contributed by atoms with Gasteiger partial charge in [-0.25, -0.2) is 4.98 Å². The van der Waals surface area contributed by atoms with Gasteiger partial charge in [0, 0.05) is 35.6 Å². The minimum absolute atomic E-state index is 0.649. The van der Waals surface area contributed by atoms with Crippen LogP contribution in [0, 0.1) is 11.3 Å². The molecule has 1 saturated heterocycles. The van der Waals surface area contributed by atoms with Crippen LogP contribution >= 0.6 is 0 Å². The molecule has 0 bridgehead atoms. The van der Waals surface area contributed by atoms with Gasteiger partial charge in [-0.3, -0.25) is 0 Å². The average molecular weight is 344 g/mol. The van der Waals surface area contributed by atoms with E-state index in [1.807, 2.05) is 48.7 Å². The van der Waals surface area contributed by atoms with Crippen LogP contribution in [0.4, 0.5) is 17.2 Å². The molecular weight excluding hydrogens is 324 g/mol. The number of nitrogens with one attached hydrogen (secondary N) is 1. The molecule has 3 aromatic rings. The highest BCUT2D eigenvalue weighted by molar-refractivity contribution is 6.04. The molecule has 1 N–H and O–H groups in total. The van der Waals surface area contributed by atoms with Gasteiger partial charge >= 0.3 is 0 Å². The van der Waals surface area contributed by atoms with Crippen LogP contribution in [-0.2, 0) is 0 Å². The SMILES string of the molecule is COc1cccc(Nc2cnc(N3CCCC3)c3cccc(C#N)c23)c1. The van der Waals surface area contributed by atoms with Crippen LogP contribution in [-0.4, -0.2) is 25.2 Å². The van der Waals surface area contributed by atoms with Crippen LogP contribution in [0.5, 0.6) is 5.75 Å². The third-order valence-corrected chi connectivity index (χ3v) is 4.77. The van der Waals surface area contributed by atoms with Gasteiger partial charge in [-0.1, -0.05) is 18.2 Å². The Labute approximate surface area is 152 Å². The average Bonchev–Trinajstić information content (AvgIpc) is 3.22. The number of rotatable bonds is 4. The Balaban J connectivity index is 1.84. The summed E-state index contributed by atoms with van der Waals surface area (Å²) in [5.41, 5.74) is 2.37. The van der Waals surface area contributed by atoms with Crippen molar-refractivity contribution in [3.8, 4) is 11.8 Å². The second kappa shape index (κ2) is 6.93. The fourth-order valence-corrected chi connectivity index (χ4v) is 3.51. The molecule has 0 atom stereocenters. The molecule has 0 radical (unpaired) electrons. The lowest BCUT2D eigenvalue weighted by Crippen LogP contribution is -2.19. The van der Waals surface area contributed by atoms with Crippen LogP contribution in [0.25, 0.3) is 10.8 Å². The first-order valence-corrected chi connectivity index (χ1v) is 8.78. The first-order valence-electron chi connectivity index (χ1n) is 8.78. The van der Waals surface area contributed by atoms with Gasteiger partial charge in [-0.05, 0) is 31.0 Å². The van der Waals surface area contributed by atoms with Crippen LogP contribution in [0.2, 0.25) is 0 Å². The Morgan fingerprint density at radius 3 is 2.73 bits per heavy atom. The lowest BCUT2D eigenvalue weighted by atomic mass is 10.0. The smallest absolute Gasteiger partial charge is 0.136 e. The van der Waals surface area contributed by atoms with Crippen molar-refractivity contribution >= 4 is 28.0 Å². The van der Waals surface area contributed by atoms with E-state index in [-0.39, 0.29) is 0 Å². The third kappa shape index (κ3) is 2.91. The Morgan fingerprint density at radius 1 is 1.15 bits per heavy atom. The van der Waals surface area contributed by atoms with E-state index in [9.17, 15) is 5.26 Å². The highest BCUT2D eigenvalue weighted by Gasteiger charge is 2.19. The molecule has 4 rings (SSSR count). The molecule has 1 aromatic heterocycles. The van der Waals surface area contributed by atoms with Gasteiger partial charge in [0.1, 0.15) is 11.6 Å². The summed E-state index contributed by atoms with van der Waals surface area (Å²) in [5.74, 6) is 1.74. The molecule has 1 aliphatic heterocycles. The van der Waals surface area contributed by atoms with E-state index < -0.39 is 0 Å². The molecular formula is C21H20N4O. The van der Waals surface area contributed by atoms with Crippen molar-refractivity contribution in [2.45, 2.75) is 12.8 Å². The van der Waals surface area contributed by atoms with Crippen LogP contribution < -0.4 is 15.0 Å².